The number of aryl methyl sites for hydroxylation is 1. The molecule has 1 aliphatic carbocycles. The standard InChI is InChI=1S/C20H20FNO5S/c1-2-26-20(25)18-14-7-4-8-15(14)28-19(18)22-16(23)11-27-17(24)10-12-5-3-6-13(21)9-12/h3,5-6,9H,2,4,7-8,10-11H2,1H3,(H,22,23). The first-order chi connectivity index (χ1) is 13.5. The van der Waals surface area contributed by atoms with E-state index in [0.29, 0.717) is 16.1 Å². The van der Waals surface area contributed by atoms with Crippen LogP contribution in [0.3, 0.4) is 0 Å². The first-order valence-electron chi connectivity index (χ1n) is 8.99. The summed E-state index contributed by atoms with van der Waals surface area (Å²) in [5, 5.41) is 3.07. The van der Waals surface area contributed by atoms with Crippen molar-refractivity contribution >= 4 is 34.2 Å². The quantitative estimate of drug-likeness (QED) is 0.715. The van der Waals surface area contributed by atoms with Crippen LogP contribution in [0.2, 0.25) is 0 Å². The van der Waals surface area contributed by atoms with Crippen molar-refractivity contribution in [3.63, 3.8) is 0 Å². The Bertz CT molecular complexity index is 908. The third kappa shape index (κ3) is 4.75. The second kappa shape index (κ2) is 8.97. The smallest absolute Gasteiger partial charge is 0.341 e. The second-order valence-electron chi connectivity index (χ2n) is 6.30. The Balaban J connectivity index is 1.59. The fourth-order valence-corrected chi connectivity index (χ4v) is 4.38. The fourth-order valence-electron chi connectivity index (χ4n) is 3.08. The molecule has 0 unspecified atom stereocenters. The lowest BCUT2D eigenvalue weighted by atomic mass is 10.1. The number of carbonyl (C=O) groups excluding carboxylic acids is 3. The van der Waals surface area contributed by atoms with Crippen LogP contribution >= 0.6 is 11.3 Å². The minimum atomic E-state index is -0.639. The van der Waals surface area contributed by atoms with Gasteiger partial charge in [-0.05, 0) is 49.4 Å². The molecule has 1 aromatic heterocycles. The third-order valence-electron chi connectivity index (χ3n) is 4.26. The van der Waals surface area contributed by atoms with Crippen molar-refractivity contribution in [3.05, 3.63) is 51.7 Å². The lowest BCUT2D eigenvalue weighted by molar-refractivity contribution is -0.146. The van der Waals surface area contributed by atoms with E-state index in [0.717, 1.165) is 29.7 Å². The Hall–Kier alpha value is -2.74. The number of rotatable bonds is 7. The summed E-state index contributed by atoms with van der Waals surface area (Å²) in [6, 6.07) is 5.61. The molecule has 6 nitrogen and oxygen atoms in total. The zero-order valence-corrected chi connectivity index (χ0v) is 16.2. The molecule has 28 heavy (non-hydrogen) atoms. The average molecular weight is 405 g/mol. The zero-order valence-electron chi connectivity index (χ0n) is 15.4. The molecule has 0 bridgehead atoms. The number of esters is 2. The molecule has 0 radical (unpaired) electrons. The van der Waals surface area contributed by atoms with E-state index in [4.69, 9.17) is 9.47 Å². The molecule has 1 amide bonds. The van der Waals surface area contributed by atoms with Crippen molar-refractivity contribution in [2.24, 2.45) is 0 Å². The molecule has 0 atom stereocenters. The van der Waals surface area contributed by atoms with Crippen LogP contribution < -0.4 is 5.32 Å². The number of anilines is 1. The first-order valence-corrected chi connectivity index (χ1v) is 9.81. The van der Waals surface area contributed by atoms with Crippen LogP contribution in [0.5, 0.6) is 0 Å². The van der Waals surface area contributed by atoms with Crippen molar-refractivity contribution < 1.29 is 28.2 Å². The van der Waals surface area contributed by atoms with Gasteiger partial charge in [0.2, 0.25) is 0 Å². The van der Waals surface area contributed by atoms with E-state index >= 15 is 0 Å². The minimum Gasteiger partial charge on any atom is -0.462 e. The van der Waals surface area contributed by atoms with Crippen molar-refractivity contribution in [1.82, 2.24) is 0 Å². The fraction of sp³-hybridized carbons (Fsp3) is 0.350. The maximum absolute atomic E-state index is 13.1. The van der Waals surface area contributed by atoms with Crippen LogP contribution in [0, 0.1) is 5.82 Å². The van der Waals surface area contributed by atoms with Gasteiger partial charge in [-0.3, -0.25) is 9.59 Å². The summed E-state index contributed by atoms with van der Waals surface area (Å²) < 4.78 is 23.2. The molecule has 0 aliphatic heterocycles. The van der Waals surface area contributed by atoms with Gasteiger partial charge in [0, 0.05) is 4.88 Å². The lowest BCUT2D eigenvalue weighted by Gasteiger charge is -2.08. The number of benzene rings is 1. The number of halogens is 1. The lowest BCUT2D eigenvalue weighted by Crippen LogP contribution is -2.22. The molecule has 0 saturated heterocycles. The molecular formula is C20H20FNO5S. The van der Waals surface area contributed by atoms with E-state index in [2.05, 4.69) is 5.32 Å². The van der Waals surface area contributed by atoms with E-state index in [1.807, 2.05) is 0 Å². The highest BCUT2D eigenvalue weighted by Crippen LogP contribution is 2.39. The van der Waals surface area contributed by atoms with Crippen LogP contribution in [0.4, 0.5) is 9.39 Å². The van der Waals surface area contributed by atoms with Gasteiger partial charge in [-0.25, -0.2) is 9.18 Å². The molecule has 148 valence electrons. The van der Waals surface area contributed by atoms with E-state index in [1.165, 1.54) is 29.5 Å². The Morgan fingerprint density at radius 1 is 1.21 bits per heavy atom. The van der Waals surface area contributed by atoms with Gasteiger partial charge in [-0.2, -0.15) is 0 Å². The summed E-state index contributed by atoms with van der Waals surface area (Å²) >= 11 is 1.35. The van der Waals surface area contributed by atoms with Crippen molar-refractivity contribution in [1.29, 1.82) is 0 Å². The molecule has 1 aliphatic rings. The van der Waals surface area contributed by atoms with Crippen LogP contribution in [-0.2, 0) is 38.3 Å². The van der Waals surface area contributed by atoms with Crippen molar-refractivity contribution in [2.75, 3.05) is 18.5 Å². The maximum Gasteiger partial charge on any atom is 0.341 e. The SMILES string of the molecule is CCOC(=O)c1c(NC(=O)COC(=O)Cc2cccc(F)c2)sc2c1CCC2. The summed E-state index contributed by atoms with van der Waals surface area (Å²) in [6.45, 7) is 1.48. The van der Waals surface area contributed by atoms with Crippen molar-refractivity contribution in [3.8, 4) is 0 Å². The van der Waals surface area contributed by atoms with Crippen LogP contribution in [0.15, 0.2) is 24.3 Å². The first kappa shape index (κ1) is 20.0. The van der Waals surface area contributed by atoms with Crippen LogP contribution in [0.25, 0.3) is 0 Å². The minimum absolute atomic E-state index is 0.133. The van der Waals surface area contributed by atoms with Gasteiger partial charge in [-0.1, -0.05) is 12.1 Å². The number of ether oxygens (including phenoxy) is 2. The molecule has 1 heterocycles. The van der Waals surface area contributed by atoms with E-state index in [9.17, 15) is 18.8 Å². The number of amides is 1. The number of fused-ring (bicyclic) bond motifs is 1. The van der Waals surface area contributed by atoms with E-state index in [1.54, 1.807) is 13.0 Å². The normalized spacial score (nSPS) is 12.4. The highest BCUT2D eigenvalue weighted by molar-refractivity contribution is 7.17. The summed E-state index contributed by atoms with van der Waals surface area (Å²) in [5.74, 6) is -2.08. The number of thiophene rings is 1. The van der Waals surface area contributed by atoms with Gasteiger partial charge >= 0.3 is 11.9 Å². The molecule has 0 spiro atoms. The predicted octanol–water partition coefficient (Wildman–Crippen LogP) is 3.28. The van der Waals surface area contributed by atoms with Crippen molar-refractivity contribution in [2.45, 2.75) is 32.6 Å². The topological polar surface area (TPSA) is 81.7 Å². The predicted molar refractivity (Wildman–Crippen MR) is 102 cm³/mol. The monoisotopic (exact) mass is 405 g/mol. The summed E-state index contributed by atoms with van der Waals surface area (Å²) in [6.07, 6.45) is 2.48. The van der Waals surface area contributed by atoms with Crippen LogP contribution in [-0.4, -0.2) is 31.1 Å². The summed E-state index contributed by atoms with van der Waals surface area (Å²) in [7, 11) is 0. The number of hydrogen-bond acceptors (Lipinski definition) is 6. The van der Waals surface area contributed by atoms with Gasteiger partial charge in [0.1, 0.15) is 10.8 Å². The Labute approximate surface area is 165 Å². The zero-order chi connectivity index (χ0) is 20.1. The molecule has 1 aromatic carbocycles. The van der Waals surface area contributed by atoms with Gasteiger partial charge in [0.05, 0.1) is 18.6 Å². The number of nitrogens with one attached hydrogen (secondary N) is 1. The summed E-state index contributed by atoms with van der Waals surface area (Å²) in [5.41, 5.74) is 1.80. The Morgan fingerprint density at radius 3 is 2.79 bits per heavy atom. The third-order valence-corrected chi connectivity index (χ3v) is 5.46. The average Bonchev–Trinajstić information content (AvgIpc) is 3.20. The molecule has 2 aromatic rings. The Morgan fingerprint density at radius 2 is 2.04 bits per heavy atom. The molecule has 1 N–H and O–H groups in total. The number of hydrogen-bond donors (Lipinski definition) is 1. The molecule has 3 rings (SSSR count). The largest absolute Gasteiger partial charge is 0.462 e. The van der Waals surface area contributed by atoms with Gasteiger partial charge in [0.25, 0.3) is 5.91 Å². The van der Waals surface area contributed by atoms with Gasteiger partial charge < -0.3 is 14.8 Å². The summed E-state index contributed by atoms with van der Waals surface area (Å²) in [4.78, 5) is 37.4. The maximum atomic E-state index is 13.1. The molecule has 0 fully saturated rings. The van der Waals surface area contributed by atoms with E-state index < -0.39 is 30.3 Å². The van der Waals surface area contributed by atoms with Crippen LogP contribution in [0.1, 0.15) is 39.7 Å². The van der Waals surface area contributed by atoms with Gasteiger partial charge in [0.15, 0.2) is 6.61 Å². The molecule has 8 heteroatoms. The van der Waals surface area contributed by atoms with Gasteiger partial charge in [-0.15, -0.1) is 11.3 Å². The highest BCUT2D eigenvalue weighted by Gasteiger charge is 2.28. The second-order valence-corrected chi connectivity index (χ2v) is 7.40. The number of carbonyl (C=O) groups is 3. The Kier molecular flexibility index (Phi) is 6.41. The van der Waals surface area contributed by atoms with E-state index in [-0.39, 0.29) is 13.0 Å². The highest BCUT2D eigenvalue weighted by atomic mass is 32.1. The molecular weight excluding hydrogens is 385 g/mol. The molecule has 0 saturated carbocycles.